The fourth-order valence-electron chi connectivity index (χ4n) is 2.59. The lowest BCUT2D eigenvalue weighted by Crippen LogP contribution is -2.37. The van der Waals surface area contributed by atoms with Gasteiger partial charge in [-0.25, -0.2) is 0 Å². The summed E-state index contributed by atoms with van der Waals surface area (Å²) in [6, 6.07) is 0. The van der Waals surface area contributed by atoms with Crippen molar-refractivity contribution in [2.24, 2.45) is 17.8 Å². The number of nitrogens with one attached hydrogen (secondary N) is 2. The molecular formula is C14H26N2O. The van der Waals surface area contributed by atoms with Crippen LogP contribution in [-0.4, -0.2) is 25.5 Å². The second kappa shape index (κ2) is 6.39. The predicted octanol–water partition coefficient (Wildman–Crippen LogP) is 1.93. The molecule has 2 fully saturated rings. The lowest BCUT2D eigenvalue weighted by molar-refractivity contribution is -0.120. The molecule has 0 aromatic carbocycles. The van der Waals surface area contributed by atoms with Crippen molar-refractivity contribution < 1.29 is 4.79 Å². The first-order valence-electron chi connectivity index (χ1n) is 7.28. The van der Waals surface area contributed by atoms with E-state index in [-0.39, 0.29) is 5.91 Å². The molecule has 2 saturated carbocycles. The van der Waals surface area contributed by atoms with Crippen LogP contribution in [0.15, 0.2) is 0 Å². The van der Waals surface area contributed by atoms with Crippen LogP contribution in [0.4, 0.5) is 0 Å². The van der Waals surface area contributed by atoms with Gasteiger partial charge in [-0.2, -0.15) is 0 Å². The van der Waals surface area contributed by atoms with Crippen molar-refractivity contribution in [3.05, 3.63) is 0 Å². The number of carbonyl (C=O) groups is 1. The Labute approximate surface area is 105 Å². The molecule has 1 amide bonds. The van der Waals surface area contributed by atoms with Crippen LogP contribution in [0.2, 0.25) is 0 Å². The zero-order valence-electron chi connectivity index (χ0n) is 11.0. The van der Waals surface area contributed by atoms with Crippen molar-refractivity contribution in [1.29, 1.82) is 0 Å². The molecule has 3 heteroatoms. The van der Waals surface area contributed by atoms with Crippen molar-refractivity contribution in [3.63, 3.8) is 0 Å². The molecule has 2 aliphatic rings. The number of carbonyl (C=O) groups excluding carboxylic acids is 1. The first kappa shape index (κ1) is 12.9. The highest BCUT2D eigenvalue weighted by atomic mass is 16.1. The van der Waals surface area contributed by atoms with Crippen LogP contribution in [0.25, 0.3) is 0 Å². The number of rotatable bonds is 9. The van der Waals surface area contributed by atoms with E-state index in [1.165, 1.54) is 25.7 Å². The summed E-state index contributed by atoms with van der Waals surface area (Å²) < 4.78 is 0. The molecule has 0 unspecified atom stereocenters. The number of unbranched alkanes of at least 4 members (excludes halogenated alkanes) is 1. The van der Waals surface area contributed by atoms with Crippen molar-refractivity contribution in [1.82, 2.24) is 10.6 Å². The van der Waals surface area contributed by atoms with Gasteiger partial charge in [-0.1, -0.05) is 13.3 Å². The summed E-state index contributed by atoms with van der Waals surface area (Å²) in [6.45, 7) is 4.52. The standard InChI is InChI=1S/C14H26N2O/c1-2-3-8-16-14(17)10-15-9-13(11-4-5-11)12-6-7-12/h11-13,15H,2-10H2,1H3,(H,16,17). The summed E-state index contributed by atoms with van der Waals surface area (Å²) in [4.78, 5) is 11.5. The average Bonchev–Trinajstić information content (AvgIpc) is 3.16. The van der Waals surface area contributed by atoms with Crippen LogP contribution in [0, 0.1) is 17.8 Å². The first-order valence-corrected chi connectivity index (χ1v) is 7.28. The Morgan fingerprint density at radius 2 is 1.88 bits per heavy atom. The topological polar surface area (TPSA) is 41.1 Å². The normalized spacial score (nSPS) is 19.6. The lowest BCUT2D eigenvalue weighted by Gasteiger charge is -2.16. The Bertz CT molecular complexity index is 235. The molecule has 0 bridgehead atoms. The summed E-state index contributed by atoms with van der Waals surface area (Å²) in [5.74, 6) is 2.96. The largest absolute Gasteiger partial charge is 0.355 e. The quantitative estimate of drug-likeness (QED) is 0.603. The van der Waals surface area contributed by atoms with Crippen LogP contribution >= 0.6 is 0 Å². The van der Waals surface area contributed by atoms with E-state index < -0.39 is 0 Å². The predicted molar refractivity (Wildman–Crippen MR) is 69.7 cm³/mol. The monoisotopic (exact) mass is 238 g/mol. The van der Waals surface area contributed by atoms with Gasteiger partial charge in [0, 0.05) is 6.54 Å². The Kier molecular flexibility index (Phi) is 4.84. The van der Waals surface area contributed by atoms with Gasteiger partial charge in [0.2, 0.25) is 5.91 Å². The average molecular weight is 238 g/mol. The fourth-order valence-corrected chi connectivity index (χ4v) is 2.59. The highest BCUT2D eigenvalue weighted by molar-refractivity contribution is 5.77. The van der Waals surface area contributed by atoms with Crippen molar-refractivity contribution in [3.8, 4) is 0 Å². The molecule has 0 aliphatic heterocycles. The Hall–Kier alpha value is -0.570. The minimum absolute atomic E-state index is 0.156. The van der Waals surface area contributed by atoms with Crippen LogP contribution in [0.1, 0.15) is 45.4 Å². The minimum atomic E-state index is 0.156. The summed E-state index contributed by atoms with van der Waals surface area (Å²) >= 11 is 0. The van der Waals surface area contributed by atoms with Crippen molar-refractivity contribution in [2.45, 2.75) is 45.4 Å². The molecule has 0 atom stereocenters. The molecule has 2 rings (SSSR count). The van der Waals surface area contributed by atoms with E-state index in [1.807, 2.05) is 0 Å². The molecule has 0 radical (unpaired) electrons. The highest BCUT2D eigenvalue weighted by Crippen LogP contribution is 2.48. The van der Waals surface area contributed by atoms with Gasteiger partial charge in [0.05, 0.1) is 6.54 Å². The molecule has 2 N–H and O–H groups in total. The summed E-state index contributed by atoms with van der Waals surface area (Å²) in [7, 11) is 0. The zero-order valence-corrected chi connectivity index (χ0v) is 11.0. The van der Waals surface area contributed by atoms with Gasteiger partial charge in [0.15, 0.2) is 0 Å². The SMILES string of the molecule is CCCCNC(=O)CNCC(C1CC1)C1CC1. The van der Waals surface area contributed by atoms with Crippen LogP contribution < -0.4 is 10.6 Å². The molecule has 2 aliphatic carbocycles. The second-order valence-corrected chi connectivity index (χ2v) is 5.67. The van der Waals surface area contributed by atoms with Gasteiger partial charge in [-0.15, -0.1) is 0 Å². The third-order valence-corrected chi connectivity index (χ3v) is 3.97. The summed E-state index contributed by atoms with van der Waals surface area (Å²) in [6.07, 6.45) is 7.91. The van der Waals surface area contributed by atoms with Crippen LogP contribution in [0.3, 0.4) is 0 Å². The van der Waals surface area contributed by atoms with E-state index in [0.29, 0.717) is 6.54 Å². The highest BCUT2D eigenvalue weighted by Gasteiger charge is 2.40. The maximum absolute atomic E-state index is 11.5. The first-order chi connectivity index (χ1) is 8.31. The van der Waals surface area contributed by atoms with Crippen molar-refractivity contribution >= 4 is 5.91 Å². The maximum Gasteiger partial charge on any atom is 0.233 e. The number of hydrogen-bond acceptors (Lipinski definition) is 2. The van der Waals surface area contributed by atoms with Gasteiger partial charge in [0.1, 0.15) is 0 Å². The number of amides is 1. The molecule has 0 aromatic heterocycles. The molecule has 17 heavy (non-hydrogen) atoms. The molecule has 0 aromatic rings. The smallest absolute Gasteiger partial charge is 0.233 e. The van der Waals surface area contributed by atoms with Gasteiger partial charge in [-0.3, -0.25) is 4.79 Å². The van der Waals surface area contributed by atoms with Gasteiger partial charge < -0.3 is 10.6 Å². The number of hydrogen-bond donors (Lipinski definition) is 2. The third kappa shape index (κ3) is 4.66. The third-order valence-electron chi connectivity index (χ3n) is 3.97. The van der Waals surface area contributed by atoms with Crippen LogP contribution in [0.5, 0.6) is 0 Å². The molecular weight excluding hydrogens is 212 g/mol. The Morgan fingerprint density at radius 1 is 1.24 bits per heavy atom. The van der Waals surface area contributed by atoms with E-state index in [2.05, 4.69) is 17.6 Å². The van der Waals surface area contributed by atoms with E-state index in [9.17, 15) is 4.79 Å². The molecule has 0 saturated heterocycles. The van der Waals surface area contributed by atoms with Gasteiger partial charge in [-0.05, 0) is 56.4 Å². The van der Waals surface area contributed by atoms with Gasteiger partial charge in [0.25, 0.3) is 0 Å². The van der Waals surface area contributed by atoms with E-state index >= 15 is 0 Å². The van der Waals surface area contributed by atoms with Crippen LogP contribution in [-0.2, 0) is 4.79 Å². The second-order valence-electron chi connectivity index (χ2n) is 5.67. The summed E-state index contributed by atoms with van der Waals surface area (Å²) in [5.41, 5.74) is 0. The molecule has 98 valence electrons. The fraction of sp³-hybridized carbons (Fsp3) is 0.929. The van der Waals surface area contributed by atoms with Crippen molar-refractivity contribution in [2.75, 3.05) is 19.6 Å². The minimum Gasteiger partial charge on any atom is -0.355 e. The molecule has 0 heterocycles. The van der Waals surface area contributed by atoms with E-state index in [0.717, 1.165) is 43.7 Å². The summed E-state index contributed by atoms with van der Waals surface area (Å²) in [5, 5.41) is 6.29. The Morgan fingerprint density at radius 3 is 2.41 bits per heavy atom. The maximum atomic E-state index is 11.5. The van der Waals surface area contributed by atoms with Gasteiger partial charge >= 0.3 is 0 Å². The molecule has 3 nitrogen and oxygen atoms in total. The van der Waals surface area contributed by atoms with E-state index in [4.69, 9.17) is 0 Å². The zero-order chi connectivity index (χ0) is 12.1. The molecule has 0 spiro atoms. The van der Waals surface area contributed by atoms with E-state index in [1.54, 1.807) is 0 Å². The lowest BCUT2D eigenvalue weighted by atomic mass is 9.98. The Balaban J connectivity index is 1.53.